The molecule has 2 rings (SSSR count). The number of aliphatic hydroxyl groups is 1. The number of amides is 2. The van der Waals surface area contributed by atoms with Gasteiger partial charge in [-0.05, 0) is 30.5 Å². The van der Waals surface area contributed by atoms with Gasteiger partial charge in [-0.2, -0.15) is 0 Å². The van der Waals surface area contributed by atoms with E-state index in [1.807, 2.05) is 18.4 Å². The van der Waals surface area contributed by atoms with Gasteiger partial charge < -0.3 is 20.4 Å². The first-order valence-corrected chi connectivity index (χ1v) is 7.36. The molecule has 6 nitrogen and oxygen atoms in total. The third-order valence-corrected chi connectivity index (χ3v) is 3.91. The van der Waals surface area contributed by atoms with Gasteiger partial charge in [0, 0.05) is 23.5 Å². The number of carbonyl (C=O) groups is 2. The molecule has 2 atom stereocenters. The van der Waals surface area contributed by atoms with Crippen LogP contribution in [-0.4, -0.2) is 52.1 Å². The number of carboxylic acids is 1. The zero-order chi connectivity index (χ0) is 14.7. The number of aliphatic hydroxyl groups excluding tert-OH is 1. The predicted molar refractivity (Wildman–Crippen MR) is 76.0 cm³/mol. The minimum Gasteiger partial charge on any atom is -0.480 e. The van der Waals surface area contributed by atoms with E-state index in [4.69, 9.17) is 5.11 Å². The molecule has 2 amide bonds. The van der Waals surface area contributed by atoms with Crippen LogP contribution in [0.25, 0.3) is 0 Å². The van der Waals surface area contributed by atoms with Crippen molar-refractivity contribution in [2.75, 3.05) is 18.1 Å². The molecule has 0 aromatic heterocycles. The summed E-state index contributed by atoms with van der Waals surface area (Å²) in [7, 11) is 0. The van der Waals surface area contributed by atoms with Gasteiger partial charge in [0.25, 0.3) is 0 Å². The van der Waals surface area contributed by atoms with E-state index >= 15 is 0 Å². The number of nitrogens with zero attached hydrogens (tertiary/aromatic N) is 1. The van der Waals surface area contributed by atoms with Crippen molar-refractivity contribution in [3.63, 3.8) is 0 Å². The number of urea groups is 1. The number of carboxylic acid groups (broad SMARTS) is 1. The Morgan fingerprint density at radius 1 is 1.35 bits per heavy atom. The quantitative estimate of drug-likeness (QED) is 0.735. The zero-order valence-electron chi connectivity index (χ0n) is 10.9. The fraction of sp³-hybridized carbons (Fsp3) is 0.385. The lowest BCUT2D eigenvalue weighted by molar-refractivity contribution is -0.141. The highest BCUT2D eigenvalue weighted by molar-refractivity contribution is 7.98. The zero-order valence-corrected chi connectivity index (χ0v) is 11.8. The van der Waals surface area contributed by atoms with Gasteiger partial charge in [0.2, 0.25) is 0 Å². The summed E-state index contributed by atoms with van der Waals surface area (Å²) in [5.41, 5.74) is 0.596. The van der Waals surface area contributed by atoms with Crippen molar-refractivity contribution in [3.05, 3.63) is 24.3 Å². The van der Waals surface area contributed by atoms with Crippen LogP contribution in [0.15, 0.2) is 29.2 Å². The summed E-state index contributed by atoms with van der Waals surface area (Å²) in [5, 5.41) is 21.2. The molecule has 1 fully saturated rings. The normalized spacial score (nSPS) is 21.8. The summed E-state index contributed by atoms with van der Waals surface area (Å²) in [6.45, 7) is 0.0334. The number of anilines is 1. The molecule has 0 aliphatic carbocycles. The first-order valence-electron chi connectivity index (χ1n) is 6.14. The van der Waals surface area contributed by atoms with E-state index in [0.29, 0.717) is 5.69 Å². The van der Waals surface area contributed by atoms with E-state index in [1.165, 1.54) is 0 Å². The Balaban J connectivity index is 2.04. The fourth-order valence-corrected chi connectivity index (χ4v) is 2.55. The van der Waals surface area contributed by atoms with Gasteiger partial charge in [-0.3, -0.25) is 0 Å². The second-order valence-electron chi connectivity index (χ2n) is 4.55. The average molecular weight is 296 g/mol. The average Bonchev–Trinajstić information content (AvgIpc) is 2.82. The topological polar surface area (TPSA) is 89.9 Å². The second-order valence-corrected chi connectivity index (χ2v) is 5.43. The standard InChI is InChI=1S/C13H16N2O4S/c1-20-10-4-2-8(3-5-10)14-13(19)15-7-9(16)6-11(15)12(17)18/h2-5,9,11,16H,6-7H2,1H3,(H,14,19)(H,17,18). The van der Waals surface area contributed by atoms with Gasteiger partial charge in [-0.25, -0.2) is 9.59 Å². The highest BCUT2D eigenvalue weighted by Gasteiger charge is 2.38. The van der Waals surface area contributed by atoms with E-state index < -0.39 is 24.1 Å². The molecule has 0 spiro atoms. The lowest BCUT2D eigenvalue weighted by Crippen LogP contribution is -2.43. The summed E-state index contributed by atoms with van der Waals surface area (Å²) >= 11 is 1.59. The second kappa shape index (κ2) is 6.15. The molecule has 1 aromatic rings. The molecule has 0 radical (unpaired) electrons. The Hall–Kier alpha value is -1.73. The van der Waals surface area contributed by atoms with Crippen LogP contribution in [0.5, 0.6) is 0 Å². The lowest BCUT2D eigenvalue weighted by Gasteiger charge is -2.21. The lowest BCUT2D eigenvalue weighted by atomic mass is 10.2. The molecule has 1 aromatic carbocycles. The number of carbonyl (C=O) groups excluding carboxylic acids is 1. The van der Waals surface area contributed by atoms with E-state index in [1.54, 1.807) is 23.9 Å². The van der Waals surface area contributed by atoms with Crippen molar-refractivity contribution in [3.8, 4) is 0 Å². The molecule has 0 saturated carbocycles. The monoisotopic (exact) mass is 296 g/mol. The molecule has 108 valence electrons. The van der Waals surface area contributed by atoms with Crippen LogP contribution in [-0.2, 0) is 4.79 Å². The maximum absolute atomic E-state index is 12.1. The highest BCUT2D eigenvalue weighted by atomic mass is 32.2. The smallest absolute Gasteiger partial charge is 0.326 e. The first-order chi connectivity index (χ1) is 9.51. The van der Waals surface area contributed by atoms with Crippen LogP contribution in [0.4, 0.5) is 10.5 Å². The maximum Gasteiger partial charge on any atom is 0.326 e. The van der Waals surface area contributed by atoms with Gasteiger partial charge in [-0.15, -0.1) is 11.8 Å². The van der Waals surface area contributed by atoms with Gasteiger partial charge in [0.15, 0.2) is 0 Å². The van der Waals surface area contributed by atoms with Crippen molar-refractivity contribution in [2.45, 2.75) is 23.5 Å². The SMILES string of the molecule is CSc1ccc(NC(=O)N2CC(O)CC2C(=O)O)cc1. The van der Waals surface area contributed by atoms with Crippen molar-refractivity contribution in [1.29, 1.82) is 0 Å². The number of likely N-dealkylation sites (tertiary alicyclic amines) is 1. The minimum atomic E-state index is -1.10. The molecule has 2 unspecified atom stereocenters. The van der Waals surface area contributed by atoms with Crippen molar-refractivity contribution >= 4 is 29.4 Å². The number of hydrogen-bond acceptors (Lipinski definition) is 4. The third kappa shape index (κ3) is 3.23. The fourth-order valence-electron chi connectivity index (χ4n) is 2.14. The van der Waals surface area contributed by atoms with E-state index in [0.717, 1.165) is 9.80 Å². The van der Waals surface area contributed by atoms with Crippen molar-refractivity contribution in [1.82, 2.24) is 4.90 Å². The third-order valence-electron chi connectivity index (χ3n) is 3.17. The van der Waals surface area contributed by atoms with E-state index in [2.05, 4.69) is 5.32 Å². The summed E-state index contributed by atoms with van der Waals surface area (Å²) in [6, 6.07) is 5.76. The molecule has 1 aliphatic heterocycles. The molecular formula is C13H16N2O4S. The largest absolute Gasteiger partial charge is 0.480 e. The number of rotatable bonds is 3. The van der Waals surface area contributed by atoms with Crippen molar-refractivity contribution in [2.24, 2.45) is 0 Å². The Kier molecular flexibility index (Phi) is 4.51. The Bertz CT molecular complexity index is 506. The van der Waals surface area contributed by atoms with Gasteiger partial charge in [-0.1, -0.05) is 0 Å². The highest BCUT2D eigenvalue weighted by Crippen LogP contribution is 2.21. The van der Waals surface area contributed by atoms with Crippen LogP contribution >= 0.6 is 11.8 Å². The van der Waals surface area contributed by atoms with Crippen LogP contribution < -0.4 is 5.32 Å². The van der Waals surface area contributed by atoms with E-state index in [-0.39, 0.29) is 13.0 Å². The van der Waals surface area contributed by atoms with Gasteiger partial charge in [0.1, 0.15) is 6.04 Å². The first kappa shape index (κ1) is 14.7. The molecule has 20 heavy (non-hydrogen) atoms. The molecule has 1 aliphatic rings. The molecule has 3 N–H and O–H groups in total. The number of hydrogen-bond donors (Lipinski definition) is 3. The number of aliphatic carboxylic acids is 1. The Morgan fingerprint density at radius 3 is 2.55 bits per heavy atom. The van der Waals surface area contributed by atoms with Crippen LogP contribution in [0.1, 0.15) is 6.42 Å². The minimum absolute atomic E-state index is 0.0334. The molecule has 7 heteroatoms. The number of β-amino-alcohol motifs (C(OH)–C–C–N with tert-alkyl or cyclic N) is 1. The van der Waals surface area contributed by atoms with Crippen LogP contribution in [0, 0.1) is 0 Å². The van der Waals surface area contributed by atoms with Gasteiger partial charge in [0.05, 0.1) is 6.10 Å². The molecule has 1 saturated heterocycles. The predicted octanol–water partition coefficient (Wildman–Crippen LogP) is 1.46. The summed E-state index contributed by atoms with van der Waals surface area (Å²) in [4.78, 5) is 25.3. The maximum atomic E-state index is 12.1. The number of benzene rings is 1. The number of nitrogens with one attached hydrogen (secondary N) is 1. The van der Waals surface area contributed by atoms with Crippen LogP contribution in [0.3, 0.4) is 0 Å². The number of thioether (sulfide) groups is 1. The summed E-state index contributed by atoms with van der Waals surface area (Å²) in [6.07, 6.45) is 1.23. The van der Waals surface area contributed by atoms with Crippen molar-refractivity contribution < 1.29 is 19.8 Å². The Morgan fingerprint density at radius 2 is 2.00 bits per heavy atom. The van der Waals surface area contributed by atoms with Gasteiger partial charge >= 0.3 is 12.0 Å². The summed E-state index contributed by atoms with van der Waals surface area (Å²) in [5.74, 6) is -1.10. The molecular weight excluding hydrogens is 280 g/mol. The molecule has 0 bridgehead atoms. The molecule has 1 heterocycles. The Labute approximate surface area is 120 Å². The van der Waals surface area contributed by atoms with E-state index in [9.17, 15) is 14.7 Å². The van der Waals surface area contributed by atoms with Crippen LogP contribution in [0.2, 0.25) is 0 Å². The summed E-state index contributed by atoms with van der Waals surface area (Å²) < 4.78 is 0.